The molecule has 0 aliphatic carbocycles. The van der Waals surface area contributed by atoms with Crippen LogP contribution in [0.5, 0.6) is 0 Å². The fraction of sp³-hybridized carbons (Fsp3) is 0.429. The lowest BCUT2D eigenvalue weighted by atomic mass is 9.83. The van der Waals surface area contributed by atoms with E-state index in [1.54, 1.807) is 42.5 Å². The molecule has 8 nitrogen and oxygen atoms in total. The van der Waals surface area contributed by atoms with Crippen molar-refractivity contribution in [2.24, 2.45) is 5.92 Å². The molecule has 4 rings (SSSR count). The molecule has 3 N–H and O–H groups in total. The van der Waals surface area contributed by atoms with E-state index in [9.17, 15) is 23.9 Å². The summed E-state index contributed by atoms with van der Waals surface area (Å²) >= 11 is 0. The van der Waals surface area contributed by atoms with Crippen LogP contribution in [0.1, 0.15) is 35.8 Å². The smallest absolute Gasteiger partial charge is 0.338 e. The normalized spacial score (nSPS) is 22.2. The number of carbonyl (C=O) groups excluding carboxylic acids is 1. The van der Waals surface area contributed by atoms with Crippen LogP contribution in [0.2, 0.25) is 0 Å². The largest absolute Gasteiger partial charge is 0.352 e. The van der Waals surface area contributed by atoms with Crippen molar-refractivity contribution in [3.05, 3.63) is 70.1 Å². The van der Waals surface area contributed by atoms with Crippen molar-refractivity contribution in [1.82, 2.24) is 14.8 Å². The average molecular weight is 431 g/mol. The second-order valence-corrected chi connectivity index (χ2v) is 9.87. The topological polar surface area (TPSA) is 112 Å². The summed E-state index contributed by atoms with van der Waals surface area (Å²) in [6, 6.07) is 13.7. The van der Waals surface area contributed by atoms with E-state index in [1.165, 1.54) is 0 Å². The number of pyridine rings is 1. The highest BCUT2D eigenvalue weighted by atomic mass is 31.2. The van der Waals surface area contributed by atoms with Crippen LogP contribution in [0.25, 0.3) is 0 Å². The zero-order valence-electron chi connectivity index (χ0n) is 16.6. The molecular weight excluding hydrogens is 405 g/mol. The summed E-state index contributed by atoms with van der Waals surface area (Å²) in [6.45, 7) is 2.79. The van der Waals surface area contributed by atoms with E-state index in [0.29, 0.717) is 24.6 Å². The second-order valence-electron chi connectivity index (χ2n) is 8.18. The van der Waals surface area contributed by atoms with Crippen molar-refractivity contribution in [2.45, 2.75) is 31.1 Å². The lowest BCUT2D eigenvalue weighted by Gasteiger charge is -2.42. The summed E-state index contributed by atoms with van der Waals surface area (Å²) in [5, 5.41) is 2.51. The Morgan fingerprint density at radius 2 is 1.87 bits per heavy atom. The molecule has 1 amide bonds. The average Bonchev–Trinajstić information content (AvgIpc) is 2.71. The van der Waals surface area contributed by atoms with Crippen LogP contribution in [0.15, 0.2) is 53.3 Å². The van der Waals surface area contributed by atoms with Gasteiger partial charge in [-0.2, -0.15) is 0 Å². The third kappa shape index (κ3) is 4.57. The van der Waals surface area contributed by atoms with Crippen LogP contribution in [-0.2, 0) is 15.9 Å². The number of aromatic nitrogens is 1. The van der Waals surface area contributed by atoms with E-state index in [-0.39, 0.29) is 23.8 Å². The van der Waals surface area contributed by atoms with Crippen molar-refractivity contribution in [2.75, 3.05) is 19.6 Å². The van der Waals surface area contributed by atoms with Gasteiger partial charge in [-0.3, -0.25) is 14.2 Å². The Labute approximate surface area is 174 Å². The first-order chi connectivity index (χ1) is 14.3. The minimum atomic E-state index is -4.54. The van der Waals surface area contributed by atoms with Crippen LogP contribution in [0.3, 0.4) is 0 Å². The molecule has 3 atom stereocenters. The number of amides is 1. The van der Waals surface area contributed by atoms with Gasteiger partial charge in [0.25, 0.3) is 5.56 Å². The molecule has 3 heterocycles. The van der Waals surface area contributed by atoms with Gasteiger partial charge in [0.15, 0.2) is 5.78 Å². The lowest BCUT2D eigenvalue weighted by Crippen LogP contribution is -2.47. The maximum atomic E-state index is 12.5. The second kappa shape index (κ2) is 8.47. The Morgan fingerprint density at radius 1 is 1.10 bits per heavy atom. The molecular formula is C21H26N3O5P. The first kappa shape index (κ1) is 21.0. The maximum Gasteiger partial charge on any atom is 0.352 e. The zero-order valence-corrected chi connectivity index (χ0v) is 17.4. The van der Waals surface area contributed by atoms with E-state index in [4.69, 9.17) is 0 Å². The van der Waals surface area contributed by atoms with Gasteiger partial charge in [-0.1, -0.05) is 36.4 Å². The lowest BCUT2D eigenvalue weighted by molar-refractivity contribution is -0.122. The molecule has 2 aliphatic rings. The number of nitrogens with one attached hydrogen (secondary N) is 1. The van der Waals surface area contributed by atoms with Gasteiger partial charge in [0.05, 0.1) is 0 Å². The molecule has 1 aromatic carbocycles. The Morgan fingerprint density at radius 3 is 2.60 bits per heavy atom. The molecule has 2 aliphatic heterocycles. The first-order valence-corrected chi connectivity index (χ1v) is 11.8. The van der Waals surface area contributed by atoms with Gasteiger partial charge >= 0.3 is 7.60 Å². The van der Waals surface area contributed by atoms with Gasteiger partial charge in [0.2, 0.25) is 5.91 Å². The van der Waals surface area contributed by atoms with Gasteiger partial charge in [0.1, 0.15) is 0 Å². The van der Waals surface area contributed by atoms with Gasteiger partial charge < -0.3 is 24.6 Å². The Kier molecular flexibility index (Phi) is 5.93. The maximum absolute atomic E-state index is 12.5. The Bertz CT molecular complexity index is 1020. The van der Waals surface area contributed by atoms with Crippen molar-refractivity contribution in [1.29, 1.82) is 0 Å². The van der Waals surface area contributed by atoms with Gasteiger partial charge in [-0.25, -0.2) is 0 Å². The zero-order chi connectivity index (χ0) is 21.3. The van der Waals surface area contributed by atoms with E-state index in [1.807, 2.05) is 10.6 Å². The van der Waals surface area contributed by atoms with E-state index in [0.717, 1.165) is 25.2 Å². The number of piperidine rings is 1. The van der Waals surface area contributed by atoms with Gasteiger partial charge in [-0.05, 0) is 24.0 Å². The predicted octanol–water partition coefficient (Wildman–Crippen LogP) is 1.65. The number of likely N-dealkylation sites (tertiary alicyclic amines) is 1. The highest BCUT2D eigenvalue weighted by Crippen LogP contribution is 2.49. The summed E-state index contributed by atoms with van der Waals surface area (Å²) in [5.74, 6) is -1.10. The molecule has 2 aromatic rings. The monoisotopic (exact) mass is 431 g/mol. The molecule has 30 heavy (non-hydrogen) atoms. The van der Waals surface area contributed by atoms with Crippen LogP contribution in [0, 0.1) is 5.92 Å². The number of benzene rings is 1. The van der Waals surface area contributed by atoms with Crippen molar-refractivity contribution in [3.8, 4) is 0 Å². The molecule has 1 fully saturated rings. The van der Waals surface area contributed by atoms with Crippen LogP contribution < -0.4 is 10.9 Å². The molecule has 0 spiro atoms. The van der Waals surface area contributed by atoms with Gasteiger partial charge in [-0.15, -0.1) is 0 Å². The minimum Gasteiger partial charge on any atom is -0.338 e. The van der Waals surface area contributed by atoms with E-state index >= 15 is 0 Å². The summed E-state index contributed by atoms with van der Waals surface area (Å²) in [6.07, 6.45) is 1.20. The summed E-state index contributed by atoms with van der Waals surface area (Å²) in [7, 11) is -4.54. The van der Waals surface area contributed by atoms with E-state index in [2.05, 4.69) is 10.2 Å². The standard InChI is InChI=1S/C21H26N3O5P/c25-19(22-21(30(27,28)29)16-5-2-1-3-6-16)9-10-23-12-15-11-17(14-23)18-7-4-8-20(26)24(18)13-15/h1-8,15,17,21H,9-14H2,(H,22,25)(H2,27,28,29). The highest BCUT2D eigenvalue weighted by molar-refractivity contribution is 7.52. The molecule has 160 valence electrons. The number of fused-ring (bicyclic) bond motifs is 4. The van der Waals surface area contributed by atoms with Crippen molar-refractivity contribution in [3.63, 3.8) is 0 Å². The minimum absolute atomic E-state index is 0.0411. The number of hydrogen-bond acceptors (Lipinski definition) is 4. The van der Waals surface area contributed by atoms with Crippen molar-refractivity contribution >= 4 is 13.5 Å². The first-order valence-electron chi connectivity index (χ1n) is 10.1. The number of nitrogens with zero attached hydrogens (tertiary/aromatic N) is 2. The quantitative estimate of drug-likeness (QED) is 0.600. The highest BCUT2D eigenvalue weighted by Gasteiger charge is 2.35. The molecule has 2 bridgehead atoms. The fourth-order valence-electron chi connectivity index (χ4n) is 4.66. The summed E-state index contributed by atoms with van der Waals surface area (Å²) in [4.78, 5) is 46.2. The SMILES string of the molecule is O=C(CCN1CC2CC(C1)c1cccc(=O)n1C2)NC(c1ccccc1)P(=O)(O)O. The van der Waals surface area contributed by atoms with E-state index < -0.39 is 13.4 Å². The number of hydrogen-bond donors (Lipinski definition) is 3. The summed E-state index contributed by atoms with van der Waals surface area (Å²) in [5.41, 5.74) is 1.48. The molecule has 3 unspecified atom stereocenters. The third-order valence-corrected chi connectivity index (χ3v) is 7.06. The molecule has 1 aromatic heterocycles. The molecule has 0 saturated carbocycles. The predicted molar refractivity (Wildman–Crippen MR) is 112 cm³/mol. The molecule has 1 saturated heterocycles. The third-order valence-electron chi connectivity index (χ3n) is 5.96. The fourth-order valence-corrected chi connectivity index (χ4v) is 5.53. The van der Waals surface area contributed by atoms with Crippen LogP contribution in [0.4, 0.5) is 0 Å². The molecule has 0 radical (unpaired) electrons. The number of carbonyl (C=O) groups is 1. The number of rotatable bonds is 6. The molecule has 9 heteroatoms. The summed E-state index contributed by atoms with van der Waals surface area (Å²) < 4.78 is 13.8. The van der Waals surface area contributed by atoms with Crippen LogP contribution >= 0.6 is 7.60 Å². The van der Waals surface area contributed by atoms with Crippen molar-refractivity contribution < 1.29 is 19.1 Å². The van der Waals surface area contributed by atoms with Crippen LogP contribution in [-0.4, -0.2) is 44.8 Å². The Hall–Kier alpha value is -2.25. The Balaban J connectivity index is 1.38. The van der Waals surface area contributed by atoms with Gasteiger partial charge in [0, 0.05) is 50.3 Å².